The number of benzene rings is 2. The van der Waals surface area contributed by atoms with Crippen LogP contribution in [0.4, 0.5) is 24.7 Å². The van der Waals surface area contributed by atoms with Gasteiger partial charge >= 0.3 is 0 Å². The molecule has 0 radical (unpaired) electrons. The van der Waals surface area contributed by atoms with Gasteiger partial charge in [-0.15, -0.1) is 11.3 Å². The minimum atomic E-state index is -4.25. The van der Waals surface area contributed by atoms with E-state index >= 15 is 0 Å². The molecule has 1 heterocycles. The fraction of sp³-hybridized carbons (Fsp3) is 0.118. The average Bonchev–Trinajstić information content (AvgIpc) is 3.11. The highest BCUT2D eigenvalue weighted by molar-refractivity contribution is 7.92. The summed E-state index contributed by atoms with van der Waals surface area (Å²) in [5.41, 5.74) is 1.46. The standard InChI is InChI=1S/C17H13ClF3N3O2S2/c1-9(11-4-10(19)2-3-13(11)20)23-15-6-14(21)16(5-12(15)18)28(25,26)24-17-7-27-8-22-17/h2-9,23-24H,1H3/t9-/m0/s1. The number of sulfonamides is 1. The highest BCUT2D eigenvalue weighted by Gasteiger charge is 2.23. The molecule has 0 spiro atoms. The summed E-state index contributed by atoms with van der Waals surface area (Å²) in [7, 11) is -4.25. The van der Waals surface area contributed by atoms with Crippen molar-refractivity contribution < 1.29 is 21.6 Å². The zero-order valence-corrected chi connectivity index (χ0v) is 16.6. The van der Waals surface area contributed by atoms with E-state index < -0.39 is 38.4 Å². The number of hydrogen-bond acceptors (Lipinski definition) is 5. The molecule has 0 unspecified atom stereocenters. The molecule has 0 aliphatic carbocycles. The molecule has 3 aromatic rings. The zero-order chi connectivity index (χ0) is 20.5. The topological polar surface area (TPSA) is 71.1 Å². The van der Waals surface area contributed by atoms with Gasteiger partial charge in [-0.3, -0.25) is 4.72 Å². The number of anilines is 2. The van der Waals surface area contributed by atoms with Gasteiger partial charge in [-0.2, -0.15) is 0 Å². The predicted molar refractivity (Wildman–Crippen MR) is 103 cm³/mol. The Morgan fingerprint density at radius 1 is 1.14 bits per heavy atom. The van der Waals surface area contributed by atoms with Gasteiger partial charge in [-0.1, -0.05) is 11.6 Å². The van der Waals surface area contributed by atoms with Gasteiger partial charge in [0.05, 0.1) is 22.3 Å². The summed E-state index contributed by atoms with van der Waals surface area (Å²) >= 11 is 7.26. The lowest BCUT2D eigenvalue weighted by Gasteiger charge is -2.18. The van der Waals surface area contributed by atoms with E-state index in [1.807, 2.05) is 0 Å². The van der Waals surface area contributed by atoms with Crippen LogP contribution in [0.25, 0.3) is 0 Å². The van der Waals surface area contributed by atoms with Crippen LogP contribution in [0.1, 0.15) is 18.5 Å². The summed E-state index contributed by atoms with van der Waals surface area (Å²) in [4.78, 5) is 3.11. The molecule has 2 aromatic carbocycles. The molecule has 0 saturated carbocycles. The molecule has 2 N–H and O–H groups in total. The molecule has 1 atom stereocenters. The summed E-state index contributed by atoms with van der Waals surface area (Å²) in [5.74, 6) is -2.29. The van der Waals surface area contributed by atoms with E-state index in [4.69, 9.17) is 11.6 Å². The van der Waals surface area contributed by atoms with E-state index in [0.717, 1.165) is 30.3 Å². The Hall–Kier alpha value is -2.30. The highest BCUT2D eigenvalue weighted by atomic mass is 35.5. The number of aromatic nitrogens is 1. The summed E-state index contributed by atoms with van der Waals surface area (Å²) in [6.07, 6.45) is 0. The Labute approximate surface area is 168 Å². The molecule has 5 nitrogen and oxygen atoms in total. The van der Waals surface area contributed by atoms with E-state index in [1.54, 1.807) is 0 Å². The fourth-order valence-corrected chi connectivity index (χ4v) is 4.39. The molecule has 1 aromatic heterocycles. The van der Waals surface area contributed by atoms with Crippen LogP contribution in [0.15, 0.2) is 46.1 Å². The maximum Gasteiger partial charge on any atom is 0.266 e. The van der Waals surface area contributed by atoms with Crippen molar-refractivity contribution in [1.29, 1.82) is 0 Å². The lowest BCUT2D eigenvalue weighted by atomic mass is 10.1. The van der Waals surface area contributed by atoms with Gasteiger partial charge in [0.2, 0.25) is 0 Å². The molecule has 0 aliphatic rings. The van der Waals surface area contributed by atoms with E-state index in [9.17, 15) is 21.6 Å². The SMILES string of the molecule is C[C@H](Nc1cc(F)c(S(=O)(=O)Nc2cscn2)cc1Cl)c1cc(F)ccc1F. The van der Waals surface area contributed by atoms with Crippen LogP contribution in [0.5, 0.6) is 0 Å². The van der Waals surface area contributed by atoms with Crippen molar-refractivity contribution in [3.05, 3.63) is 69.3 Å². The van der Waals surface area contributed by atoms with Crippen LogP contribution in [0.3, 0.4) is 0 Å². The molecule has 3 rings (SSSR count). The van der Waals surface area contributed by atoms with Crippen LogP contribution in [0.2, 0.25) is 5.02 Å². The molecule has 0 saturated heterocycles. The Morgan fingerprint density at radius 2 is 1.89 bits per heavy atom. The molecular weight excluding hydrogens is 435 g/mol. The Morgan fingerprint density at radius 3 is 2.57 bits per heavy atom. The first-order valence-electron chi connectivity index (χ1n) is 7.79. The minimum Gasteiger partial charge on any atom is -0.377 e. The van der Waals surface area contributed by atoms with Gasteiger partial charge in [0.15, 0.2) is 5.82 Å². The second-order valence-electron chi connectivity index (χ2n) is 5.77. The monoisotopic (exact) mass is 447 g/mol. The maximum absolute atomic E-state index is 14.5. The summed E-state index contributed by atoms with van der Waals surface area (Å²) in [5, 5.41) is 4.09. The average molecular weight is 448 g/mol. The lowest BCUT2D eigenvalue weighted by Crippen LogP contribution is -2.16. The smallest absolute Gasteiger partial charge is 0.266 e. The van der Waals surface area contributed by atoms with Gasteiger partial charge in [-0.25, -0.2) is 26.6 Å². The third-order valence-corrected chi connectivity index (χ3v) is 6.05. The first kappa shape index (κ1) is 20.4. The first-order valence-corrected chi connectivity index (χ1v) is 10.6. The molecule has 148 valence electrons. The van der Waals surface area contributed by atoms with Crippen LogP contribution in [-0.2, 0) is 10.0 Å². The second kappa shape index (κ2) is 7.98. The number of halogens is 4. The quantitative estimate of drug-likeness (QED) is 0.545. The van der Waals surface area contributed by atoms with Gasteiger partial charge in [0.1, 0.15) is 22.3 Å². The van der Waals surface area contributed by atoms with Crippen molar-refractivity contribution in [3.8, 4) is 0 Å². The number of rotatable bonds is 6. The molecule has 0 aliphatic heterocycles. The minimum absolute atomic E-state index is 0.0124. The second-order valence-corrected chi connectivity index (χ2v) is 8.55. The molecule has 11 heteroatoms. The summed E-state index contributed by atoms with van der Waals surface area (Å²) in [6, 6.07) is 4.02. The third-order valence-electron chi connectivity index (χ3n) is 3.78. The molecule has 28 heavy (non-hydrogen) atoms. The normalized spacial score (nSPS) is 12.6. The van der Waals surface area contributed by atoms with Gasteiger partial charge in [0.25, 0.3) is 10.0 Å². The Bertz CT molecular complexity index is 1110. The maximum atomic E-state index is 14.5. The van der Waals surface area contributed by atoms with E-state index in [-0.39, 0.29) is 22.1 Å². The zero-order valence-electron chi connectivity index (χ0n) is 14.2. The third kappa shape index (κ3) is 4.40. The van der Waals surface area contributed by atoms with E-state index in [2.05, 4.69) is 15.0 Å². The van der Waals surface area contributed by atoms with Crippen molar-refractivity contribution in [2.45, 2.75) is 17.9 Å². The number of hydrogen-bond donors (Lipinski definition) is 2. The number of nitrogens with zero attached hydrogens (tertiary/aromatic N) is 1. The Balaban J connectivity index is 1.88. The highest BCUT2D eigenvalue weighted by Crippen LogP contribution is 2.32. The van der Waals surface area contributed by atoms with Gasteiger partial charge in [0, 0.05) is 10.9 Å². The fourth-order valence-electron chi connectivity index (χ4n) is 2.46. The van der Waals surface area contributed by atoms with Gasteiger partial charge < -0.3 is 5.32 Å². The number of thiazole rings is 1. The predicted octanol–water partition coefficient (Wildman–Crippen LogP) is 5.19. The summed E-state index contributed by atoms with van der Waals surface area (Å²) < 4.78 is 68.6. The van der Waals surface area contributed by atoms with E-state index in [0.29, 0.717) is 0 Å². The van der Waals surface area contributed by atoms with E-state index in [1.165, 1.54) is 29.2 Å². The largest absolute Gasteiger partial charge is 0.377 e. The molecular formula is C17H13ClF3N3O2S2. The van der Waals surface area contributed by atoms with Crippen molar-refractivity contribution in [1.82, 2.24) is 4.98 Å². The van der Waals surface area contributed by atoms with Crippen LogP contribution in [0, 0.1) is 17.5 Å². The van der Waals surface area contributed by atoms with Gasteiger partial charge in [-0.05, 0) is 37.3 Å². The molecule has 0 amide bonds. The van der Waals surface area contributed by atoms with Crippen molar-refractivity contribution in [3.63, 3.8) is 0 Å². The van der Waals surface area contributed by atoms with Crippen molar-refractivity contribution >= 4 is 44.5 Å². The van der Waals surface area contributed by atoms with Crippen LogP contribution in [-0.4, -0.2) is 13.4 Å². The lowest BCUT2D eigenvalue weighted by molar-refractivity contribution is 0.569. The number of nitrogens with one attached hydrogen (secondary N) is 2. The molecule has 0 fully saturated rings. The Kier molecular flexibility index (Phi) is 5.82. The summed E-state index contributed by atoms with van der Waals surface area (Å²) in [6.45, 7) is 1.53. The van der Waals surface area contributed by atoms with Crippen LogP contribution >= 0.6 is 22.9 Å². The van der Waals surface area contributed by atoms with Crippen LogP contribution < -0.4 is 10.0 Å². The first-order chi connectivity index (χ1) is 13.2. The molecule has 0 bridgehead atoms. The van der Waals surface area contributed by atoms with Crippen molar-refractivity contribution in [2.24, 2.45) is 0 Å². The van der Waals surface area contributed by atoms with Crippen molar-refractivity contribution in [2.75, 3.05) is 10.0 Å².